The SMILES string of the molecule is ON=Cc1cc(Br)ccc1OC(F)F. The van der Waals surface area contributed by atoms with E-state index < -0.39 is 6.61 Å². The molecule has 0 atom stereocenters. The molecule has 0 spiro atoms. The third-order valence-corrected chi connectivity index (χ3v) is 1.88. The molecule has 0 saturated carbocycles. The Morgan fingerprint density at radius 3 is 2.79 bits per heavy atom. The number of hydrogen-bond acceptors (Lipinski definition) is 3. The molecular formula is C8H6BrF2NO2. The van der Waals surface area contributed by atoms with E-state index in [9.17, 15) is 8.78 Å². The van der Waals surface area contributed by atoms with Crippen molar-refractivity contribution in [2.24, 2.45) is 5.16 Å². The minimum absolute atomic E-state index is 0.0407. The predicted octanol–water partition coefficient (Wildman–Crippen LogP) is 2.86. The van der Waals surface area contributed by atoms with Crippen LogP contribution in [-0.2, 0) is 0 Å². The minimum atomic E-state index is -2.90. The van der Waals surface area contributed by atoms with Crippen LogP contribution in [0.15, 0.2) is 27.8 Å². The van der Waals surface area contributed by atoms with Gasteiger partial charge in [-0.1, -0.05) is 21.1 Å². The quantitative estimate of drug-likeness (QED) is 0.519. The predicted molar refractivity (Wildman–Crippen MR) is 50.2 cm³/mol. The van der Waals surface area contributed by atoms with Gasteiger partial charge in [0.2, 0.25) is 0 Å². The summed E-state index contributed by atoms with van der Waals surface area (Å²) in [4.78, 5) is 0. The van der Waals surface area contributed by atoms with Crippen LogP contribution in [0.5, 0.6) is 5.75 Å². The third kappa shape index (κ3) is 2.95. The van der Waals surface area contributed by atoms with E-state index in [1.807, 2.05) is 0 Å². The molecule has 1 rings (SSSR count). The molecule has 0 unspecified atom stereocenters. The maximum atomic E-state index is 11.9. The summed E-state index contributed by atoms with van der Waals surface area (Å²) in [6.07, 6.45) is 1.02. The summed E-state index contributed by atoms with van der Waals surface area (Å²) >= 11 is 3.15. The zero-order chi connectivity index (χ0) is 10.6. The number of ether oxygens (including phenoxy) is 1. The topological polar surface area (TPSA) is 41.8 Å². The first-order chi connectivity index (χ1) is 6.63. The van der Waals surface area contributed by atoms with Gasteiger partial charge in [0, 0.05) is 10.0 Å². The maximum absolute atomic E-state index is 11.9. The van der Waals surface area contributed by atoms with Gasteiger partial charge in [-0.25, -0.2) is 0 Å². The van der Waals surface area contributed by atoms with Crippen molar-refractivity contribution in [2.75, 3.05) is 0 Å². The Bertz CT molecular complexity index is 344. The fraction of sp³-hybridized carbons (Fsp3) is 0.125. The molecule has 0 bridgehead atoms. The monoisotopic (exact) mass is 265 g/mol. The van der Waals surface area contributed by atoms with Crippen molar-refractivity contribution in [1.82, 2.24) is 0 Å². The zero-order valence-corrected chi connectivity index (χ0v) is 8.41. The number of oxime groups is 1. The van der Waals surface area contributed by atoms with Crippen LogP contribution in [0, 0.1) is 0 Å². The molecule has 1 aromatic rings. The summed E-state index contributed by atoms with van der Waals surface area (Å²) in [6.45, 7) is -2.90. The summed E-state index contributed by atoms with van der Waals surface area (Å²) in [5.74, 6) is -0.0407. The van der Waals surface area contributed by atoms with Crippen LogP contribution in [0.3, 0.4) is 0 Å². The van der Waals surface area contributed by atoms with Crippen molar-refractivity contribution in [3.8, 4) is 5.75 Å². The van der Waals surface area contributed by atoms with Crippen molar-refractivity contribution in [3.63, 3.8) is 0 Å². The van der Waals surface area contributed by atoms with E-state index in [0.29, 0.717) is 4.47 Å². The van der Waals surface area contributed by atoms with Crippen LogP contribution < -0.4 is 4.74 Å². The molecule has 0 aromatic heterocycles. The molecule has 6 heteroatoms. The second-order valence-electron chi connectivity index (χ2n) is 2.31. The normalized spacial score (nSPS) is 11.1. The number of alkyl halides is 2. The van der Waals surface area contributed by atoms with Gasteiger partial charge in [0.15, 0.2) is 0 Å². The number of rotatable bonds is 3. The van der Waals surface area contributed by atoms with Crippen molar-refractivity contribution in [1.29, 1.82) is 0 Å². The summed E-state index contributed by atoms with van der Waals surface area (Å²) in [5, 5.41) is 11.0. The Kier molecular flexibility index (Phi) is 3.82. The van der Waals surface area contributed by atoms with Crippen molar-refractivity contribution >= 4 is 22.1 Å². The third-order valence-electron chi connectivity index (χ3n) is 1.38. The van der Waals surface area contributed by atoms with E-state index in [2.05, 4.69) is 25.8 Å². The van der Waals surface area contributed by atoms with Gasteiger partial charge in [-0.3, -0.25) is 0 Å². The lowest BCUT2D eigenvalue weighted by molar-refractivity contribution is -0.0499. The van der Waals surface area contributed by atoms with Crippen LogP contribution in [0.2, 0.25) is 0 Å². The highest BCUT2D eigenvalue weighted by atomic mass is 79.9. The number of nitrogens with zero attached hydrogens (tertiary/aromatic N) is 1. The van der Waals surface area contributed by atoms with Crippen LogP contribution in [0.1, 0.15) is 5.56 Å². The van der Waals surface area contributed by atoms with Gasteiger partial charge < -0.3 is 9.94 Å². The van der Waals surface area contributed by atoms with Crippen LogP contribution in [0.25, 0.3) is 0 Å². The van der Waals surface area contributed by atoms with E-state index in [1.165, 1.54) is 12.1 Å². The first kappa shape index (κ1) is 10.9. The van der Waals surface area contributed by atoms with Gasteiger partial charge in [-0.2, -0.15) is 8.78 Å². The lowest BCUT2D eigenvalue weighted by Gasteiger charge is -2.07. The van der Waals surface area contributed by atoms with Crippen LogP contribution in [-0.4, -0.2) is 18.0 Å². The van der Waals surface area contributed by atoms with Crippen molar-refractivity contribution in [3.05, 3.63) is 28.2 Å². The van der Waals surface area contributed by atoms with Crippen molar-refractivity contribution in [2.45, 2.75) is 6.61 Å². The maximum Gasteiger partial charge on any atom is 0.387 e. The molecule has 76 valence electrons. The Labute approximate surface area is 87.1 Å². The molecule has 0 amide bonds. The lowest BCUT2D eigenvalue weighted by Crippen LogP contribution is -2.04. The summed E-state index contributed by atoms with van der Waals surface area (Å²) in [5.41, 5.74) is 0.266. The number of benzene rings is 1. The molecule has 0 fully saturated rings. The second-order valence-corrected chi connectivity index (χ2v) is 3.22. The molecule has 0 aliphatic carbocycles. The van der Waals surface area contributed by atoms with Crippen LogP contribution in [0.4, 0.5) is 8.78 Å². The van der Waals surface area contributed by atoms with Gasteiger partial charge in [0.05, 0.1) is 6.21 Å². The molecule has 0 saturated heterocycles. The minimum Gasteiger partial charge on any atom is -0.434 e. The highest BCUT2D eigenvalue weighted by molar-refractivity contribution is 9.10. The first-order valence-electron chi connectivity index (χ1n) is 3.55. The summed E-state index contributed by atoms with van der Waals surface area (Å²) in [6, 6.07) is 4.40. The molecule has 0 aliphatic rings. The molecule has 14 heavy (non-hydrogen) atoms. The largest absolute Gasteiger partial charge is 0.434 e. The van der Waals surface area contributed by atoms with E-state index >= 15 is 0 Å². The van der Waals surface area contributed by atoms with Gasteiger partial charge in [0.1, 0.15) is 5.75 Å². The van der Waals surface area contributed by atoms with Gasteiger partial charge in [-0.05, 0) is 18.2 Å². The van der Waals surface area contributed by atoms with Gasteiger partial charge >= 0.3 is 6.61 Å². The van der Waals surface area contributed by atoms with Gasteiger partial charge in [-0.15, -0.1) is 0 Å². The van der Waals surface area contributed by atoms with E-state index in [4.69, 9.17) is 5.21 Å². The number of halogens is 3. The Balaban J connectivity index is 3.01. The average Bonchev–Trinajstić information content (AvgIpc) is 2.09. The second kappa shape index (κ2) is 4.90. The Hall–Kier alpha value is -1.17. The highest BCUT2D eigenvalue weighted by Crippen LogP contribution is 2.23. The fourth-order valence-electron chi connectivity index (χ4n) is 0.886. The fourth-order valence-corrected chi connectivity index (χ4v) is 1.26. The number of hydrogen-bond donors (Lipinski definition) is 1. The smallest absolute Gasteiger partial charge is 0.387 e. The van der Waals surface area contributed by atoms with E-state index in [-0.39, 0.29) is 11.3 Å². The highest BCUT2D eigenvalue weighted by Gasteiger charge is 2.08. The molecule has 0 heterocycles. The van der Waals surface area contributed by atoms with E-state index in [0.717, 1.165) is 6.21 Å². The zero-order valence-electron chi connectivity index (χ0n) is 6.82. The first-order valence-corrected chi connectivity index (χ1v) is 4.34. The standard InChI is InChI=1S/C8H6BrF2NO2/c9-6-1-2-7(14-8(10)11)5(3-6)4-12-13/h1-4,8,13H. The molecular weight excluding hydrogens is 260 g/mol. The molecule has 0 radical (unpaired) electrons. The lowest BCUT2D eigenvalue weighted by atomic mass is 10.2. The van der Waals surface area contributed by atoms with E-state index in [1.54, 1.807) is 6.07 Å². The molecule has 3 nitrogen and oxygen atoms in total. The average molecular weight is 266 g/mol. The Morgan fingerprint density at radius 1 is 1.50 bits per heavy atom. The molecule has 1 aromatic carbocycles. The summed E-state index contributed by atoms with van der Waals surface area (Å²) < 4.78 is 28.7. The van der Waals surface area contributed by atoms with Crippen molar-refractivity contribution < 1.29 is 18.7 Å². The van der Waals surface area contributed by atoms with Crippen LogP contribution >= 0.6 is 15.9 Å². The molecule has 0 aliphatic heterocycles. The Morgan fingerprint density at radius 2 is 2.21 bits per heavy atom. The van der Waals surface area contributed by atoms with Gasteiger partial charge in [0.25, 0.3) is 0 Å². The molecule has 1 N–H and O–H groups in total. The summed E-state index contributed by atoms with van der Waals surface area (Å²) in [7, 11) is 0.